The molecule has 1 unspecified atom stereocenters. The third-order valence-electron chi connectivity index (χ3n) is 3.50. The fraction of sp³-hybridized carbons (Fsp3) is 0.750. The van der Waals surface area contributed by atoms with Crippen LogP contribution in [0.5, 0.6) is 0 Å². The predicted molar refractivity (Wildman–Crippen MR) is 57.1 cm³/mol. The van der Waals surface area contributed by atoms with Crippen LogP contribution >= 0.6 is 0 Å². The van der Waals surface area contributed by atoms with Gasteiger partial charge in [0.2, 0.25) is 0 Å². The number of carboxylic acids is 1. The van der Waals surface area contributed by atoms with Gasteiger partial charge in [-0.25, -0.2) is 0 Å². The fourth-order valence-corrected chi connectivity index (χ4v) is 2.37. The van der Waals surface area contributed by atoms with Crippen LogP contribution in [0, 0.1) is 17.8 Å². The summed E-state index contributed by atoms with van der Waals surface area (Å²) in [6.07, 6.45) is 3.68. The molecule has 0 heterocycles. The Bertz CT molecular complexity index is 232. The maximum absolute atomic E-state index is 10.7. The summed E-state index contributed by atoms with van der Waals surface area (Å²) in [6.45, 7) is 8.19. The van der Waals surface area contributed by atoms with Crippen LogP contribution in [0.4, 0.5) is 0 Å². The van der Waals surface area contributed by atoms with Gasteiger partial charge in [0.05, 0.1) is 0 Å². The van der Waals surface area contributed by atoms with Gasteiger partial charge < -0.3 is 5.11 Å². The summed E-state index contributed by atoms with van der Waals surface area (Å²) >= 11 is 0. The second-order valence-electron chi connectivity index (χ2n) is 4.69. The van der Waals surface area contributed by atoms with Crippen LogP contribution in [0.25, 0.3) is 0 Å². The SMILES string of the molecule is C=C(C)[C@@H]1CCC(C)[C@@H](CC(=O)O)C1. The van der Waals surface area contributed by atoms with Gasteiger partial charge >= 0.3 is 5.97 Å². The summed E-state index contributed by atoms with van der Waals surface area (Å²) in [6, 6.07) is 0. The van der Waals surface area contributed by atoms with Gasteiger partial charge in [-0.15, -0.1) is 0 Å². The van der Waals surface area contributed by atoms with E-state index in [1.54, 1.807) is 0 Å². The molecule has 2 heteroatoms. The van der Waals surface area contributed by atoms with Crippen LogP contribution in [0.1, 0.15) is 39.5 Å². The fourth-order valence-electron chi connectivity index (χ4n) is 2.37. The van der Waals surface area contributed by atoms with Crippen molar-refractivity contribution in [1.82, 2.24) is 0 Å². The van der Waals surface area contributed by atoms with Crippen LogP contribution in [0.15, 0.2) is 12.2 Å². The molecule has 3 atom stereocenters. The number of hydrogen-bond acceptors (Lipinski definition) is 1. The molecule has 0 aromatic rings. The zero-order chi connectivity index (χ0) is 10.7. The molecule has 0 amide bonds. The second kappa shape index (κ2) is 4.63. The number of aliphatic carboxylic acids is 1. The molecule has 14 heavy (non-hydrogen) atoms. The van der Waals surface area contributed by atoms with Gasteiger partial charge in [0.25, 0.3) is 0 Å². The van der Waals surface area contributed by atoms with Crippen molar-refractivity contribution in [2.24, 2.45) is 17.8 Å². The van der Waals surface area contributed by atoms with Crippen molar-refractivity contribution in [2.45, 2.75) is 39.5 Å². The van der Waals surface area contributed by atoms with Gasteiger partial charge in [-0.1, -0.05) is 19.1 Å². The Morgan fingerprint density at radius 3 is 2.64 bits per heavy atom. The number of allylic oxidation sites excluding steroid dienone is 1. The molecule has 0 aliphatic heterocycles. The zero-order valence-corrected chi connectivity index (χ0v) is 9.12. The molecular weight excluding hydrogens is 176 g/mol. The normalized spacial score (nSPS) is 32.6. The molecule has 1 aliphatic rings. The van der Waals surface area contributed by atoms with Gasteiger partial charge in [0.1, 0.15) is 0 Å². The molecule has 1 rings (SSSR count). The molecule has 1 saturated carbocycles. The molecule has 0 aromatic carbocycles. The molecule has 1 fully saturated rings. The molecule has 0 bridgehead atoms. The summed E-state index contributed by atoms with van der Waals surface area (Å²) in [4.78, 5) is 10.7. The summed E-state index contributed by atoms with van der Waals surface area (Å²) in [5.74, 6) is 0.796. The van der Waals surface area contributed by atoms with Crippen LogP contribution in [0.3, 0.4) is 0 Å². The molecule has 2 nitrogen and oxygen atoms in total. The van der Waals surface area contributed by atoms with E-state index >= 15 is 0 Å². The maximum atomic E-state index is 10.7. The number of rotatable bonds is 3. The van der Waals surface area contributed by atoms with Crippen LogP contribution in [0.2, 0.25) is 0 Å². The first kappa shape index (κ1) is 11.3. The average molecular weight is 196 g/mol. The van der Waals surface area contributed by atoms with Crippen LogP contribution < -0.4 is 0 Å². The Kier molecular flexibility index (Phi) is 3.73. The highest BCUT2D eigenvalue weighted by Gasteiger charge is 2.29. The third kappa shape index (κ3) is 2.86. The smallest absolute Gasteiger partial charge is 0.303 e. The van der Waals surface area contributed by atoms with Gasteiger partial charge in [0.15, 0.2) is 0 Å². The molecule has 80 valence electrons. The first-order valence-electron chi connectivity index (χ1n) is 5.38. The van der Waals surface area contributed by atoms with E-state index in [9.17, 15) is 4.79 Å². The Hall–Kier alpha value is -0.790. The summed E-state index contributed by atoms with van der Waals surface area (Å²) in [5.41, 5.74) is 1.22. The molecule has 1 N–H and O–H groups in total. The Morgan fingerprint density at radius 2 is 2.14 bits per heavy atom. The van der Waals surface area contributed by atoms with Crippen LogP contribution in [-0.4, -0.2) is 11.1 Å². The molecule has 0 saturated heterocycles. The van der Waals surface area contributed by atoms with Crippen molar-refractivity contribution in [1.29, 1.82) is 0 Å². The molecule has 0 spiro atoms. The number of carbonyl (C=O) groups is 1. The lowest BCUT2D eigenvalue weighted by Gasteiger charge is -2.33. The van der Waals surface area contributed by atoms with E-state index in [2.05, 4.69) is 20.4 Å². The number of carboxylic acid groups (broad SMARTS) is 1. The molecule has 0 aromatic heterocycles. The van der Waals surface area contributed by atoms with Gasteiger partial charge in [0, 0.05) is 6.42 Å². The minimum atomic E-state index is -0.663. The van der Waals surface area contributed by atoms with E-state index in [1.165, 1.54) is 12.0 Å². The Morgan fingerprint density at radius 1 is 1.50 bits per heavy atom. The predicted octanol–water partition coefficient (Wildman–Crippen LogP) is 3.09. The van der Waals surface area contributed by atoms with E-state index in [0.717, 1.165) is 12.8 Å². The first-order valence-corrected chi connectivity index (χ1v) is 5.38. The lowest BCUT2D eigenvalue weighted by atomic mass is 9.72. The molecule has 1 aliphatic carbocycles. The Labute approximate surface area is 86.0 Å². The first-order chi connectivity index (χ1) is 6.50. The van der Waals surface area contributed by atoms with E-state index in [4.69, 9.17) is 5.11 Å². The van der Waals surface area contributed by atoms with Gasteiger partial charge in [-0.05, 0) is 43.9 Å². The number of hydrogen-bond donors (Lipinski definition) is 1. The molecule has 0 radical (unpaired) electrons. The van der Waals surface area contributed by atoms with Gasteiger partial charge in [-0.3, -0.25) is 4.79 Å². The highest BCUT2D eigenvalue weighted by atomic mass is 16.4. The van der Waals surface area contributed by atoms with Crippen molar-refractivity contribution < 1.29 is 9.90 Å². The van der Waals surface area contributed by atoms with Crippen molar-refractivity contribution in [3.8, 4) is 0 Å². The van der Waals surface area contributed by atoms with E-state index in [0.29, 0.717) is 24.2 Å². The third-order valence-corrected chi connectivity index (χ3v) is 3.50. The molecular formula is C12H20O2. The van der Waals surface area contributed by atoms with Crippen molar-refractivity contribution in [2.75, 3.05) is 0 Å². The second-order valence-corrected chi connectivity index (χ2v) is 4.69. The van der Waals surface area contributed by atoms with E-state index < -0.39 is 5.97 Å². The Balaban J connectivity index is 2.55. The van der Waals surface area contributed by atoms with Crippen molar-refractivity contribution in [3.63, 3.8) is 0 Å². The summed E-state index contributed by atoms with van der Waals surface area (Å²) in [7, 11) is 0. The van der Waals surface area contributed by atoms with Crippen LogP contribution in [-0.2, 0) is 4.79 Å². The minimum Gasteiger partial charge on any atom is -0.481 e. The zero-order valence-electron chi connectivity index (χ0n) is 9.12. The summed E-state index contributed by atoms with van der Waals surface area (Å²) < 4.78 is 0. The average Bonchev–Trinajstić information content (AvgIpc) is 2.07. The summed E-state index contributed by atoms with van der Waals surface area (Å²) in [5, 5.41) is 8.79. The topological polar surface area (TPSA) is 37.3 Å². The largest absolute Gasteiger partial charge is 0.481 e. The van der Waals surface area contributed by atoms with E-state index in [-0.39, 0.29) is 0 Å². The van der Waals surface area contributed by atoms with Crippen molar-refractivity contribution >= 4 is 5.97 Å². The van der Waals surface area contributed by atoms with Crippen molar-refractivity contribution in [3.05, 3.63) is 12.2 Å². The monoisotopic (exact) mass is 196 g/mol. The standard InChI is InChI=1S/C12H20O2/c1-8(2)10-5-4-9(3)11(6-10)7-12(13)14/h9-11H,1,4-7H2,2-3H3,(H,13,14)/t9?,10-,11-/m1/s1. The van der Waals surface area contributed by atoms with E-state index in [1.807, 2.05) is 0 Å². The highest BCUT2D eigenvalue weighted by molar-refractivity contribution is 5.67. The quantitative estimate of drug-likeness (QED) is 0.704. The minimum absolute atomic E-state index is 0.324. The highest BCUT2D eigenvalue weighted by Crippen LogP contribution is 2.38. The maximum Gasteiger partial charge on any atom is 0.303 e. The lowest BCUT2D eigenvalue weighted by molar-refractivity contribution is -0.138. The van der Waals surface area contributed by atoms with Gasteiger partial charge in [-0.2, -0.15) is 0 Å². The lowest BCUT2D eigenvalue weighted by Crippen LogP contribution is -2.25.